The molecule has 118 valence electrons. The predicted molar refractivity (Wildman–Crippen MR) is 87.4 cm³/mol. The van der Waals surface area contributed by atoms with Gasteiger partial charge in [-0.2, -0.15) is 0 Å². The summed E-state index contributed by atoms with van der Waals surface area (Å²) in [4.78, 5) is 12.2. The highest BCUT2D eigenvalue weighted by Gasteiger charge is 2.19. The number of anilines is 1. The van der Waals surface area contributed by atoms with Crippen molar-refractivity contribution >= 4 is 35.0 Å². The normalized spacial score (nSPS) is 12.1. The maximum atomic E-state index is 12.2. The number of hydrogen-bond donors (Lipinski definition) is 1. The molecule has 1 aromatic carbocycles. The number of benzene rings is 1. The molecule has 0 aliphatic heterocycles. The van der Waals surface area contributed by atoms with Crippen LogP contribution in [-0.4, -0.2) is 21.4 Å². The van der Waals surface area contributed by atoms with Gasteiger partial charge in [-0.15, -0.1) is 10.2 Å². The summed E-state index contributed by atoms with van der Waals surface area (Å²) in [5, 5.41) is 11.0. The van der Waals surface area contributed by atoms with Crippen LogP contribution in [0.25, 0.3) is 11.7 Å². The molecule has 3 aromatic rings. The van der Waals surface area contributed by atoms with Crippen LogP contribution in [0, 0.1) is 0 Å². The third kappa shape index (κ3) is 3.94. The van der Waals surface area contributed by atoms with E-state index in [1.807, 2.05) is 0 Å². The molecule has 0 saturated carbocycles. The summed E-state index contributed by atoms with van der Waals surface area (Å²) in [7, 11) is 0. The van der Waals surface area contributed by atoms with E-state index >= 15 is 0 Å². The van der Waals surface area contributed by atoms with Crippen molar-refractivity contribution in [1.82, 2.24) is 10.2 Å². The van der Waals surface area contributed by atoms with Crippen molar-refractivity contribution < 1.29 is 13.6 Å². The Morgan fingerprint density at radius 2 is 2.17 bits per heavy atom. The van der Waals surface area contributed by atoms with E-state index in [-0.39, 0.29) is 11.8 Å². The Balaban J connectivity index is 1.62. The molecule has 2 aromatic heterocycles. The number of nitrogens with one attached hydrogen (secondary N) is 1. The molecule has 0 unspecified atom stereocenters. The molecule has 0 radical (unpaired) electrons. The summed E-state index contributed by atoms with van der Waals surface area (Å²) in [6.45, 7) is 1.75. The molecular weight excluding hydrogens is 338 g/mol. The van der Waals surface area contributed by atoms with Crippen LogP contribution in [0.2, 0.25) is 5.02 Å². The number of carbonyl (C=O) groups excluding carboxylic acids is 1. The quantitative estimate of drug-likeness (QED) is 0.698. The Bertz CT molecular complexity index is 804. The first-order valence-electron chi connectivity index (χ1n) is 6.72. The van der Waals surface area contributed by atoms with E-state index < -0.39 is 5.25 Å². The lowest BCUT2D eigenvalue weighted by Gasteiger charge is -2.09. The molecule has 2 heterocycles. The van der Waals surface area contributed by atoms with Gasteiger partial charge in [0.1, 0.15) is 0 Å². The Morgan fingerprint density at radius 3 is 2.91 bits per heavy atom. The van der Waals surface area contributed by atoms with Crippen molar-refractivity contribution in [2.75, 3.05) is 5.32 Å². The molecule has 0 bridgehead atoms. The Hall–Kier alpha value is -2.25. The monoisotopic (exact) mass is 349 g/mol. The zero-order valence-corrected chi connectivity index (χ0v) is 13.6. The molecule has 8 heteroatoms. The van der Waals surface area contributed by atoms with Gasteiger partial charge in [0.2, 0.25) is 5.91 Å². The van der Waals surface area contributed by atoms with Crippen LogP contribution in [0.4, 0.5) is 5.69 Å². The maximum absolute atomic E-state index is 12.2. The predicted octanol–water partition coefficient (Wildman–Crippen LogP) is 4.10. The van der Waals surface area contributed by atoms with Crippen molar-refractivity contribution in [3.63, 3.8) is 0 Å². The van der Waals surface area contributed by atoms with E-state index in [1.54, 1.807) is 43.3 Å². The van der Waals surface area contributed by atoms with Crippen LogP contribution >= 0.6 is 23.4 Å². The molecule has 0 aliphatic carbocycles. The number of hydrogen-bond acceptors (Lipinski definition) is 6. The molecule has 6 nitrogen and oxygen atoms in total. The van der Waals surface area contributed by atoms with Gasteiger partial charge in [0.05, 0.1) is 11.5 Å². The summed E-state index contributed by atoms with van der Waals surface area (Å²) in [6, 6.07) is 10.4. The number of furan rings is 1. The number of carbonyl (C=O) groups is 1. The molecule has 0 fully saturated rings. The van der Waals surface area contributed by atoms with Crippen LogP contribution < -0.4 is 5.32 Å². The number of rotatable bonds is 5. The van der Waals surface area contributed by atoms with Gasteiger partial charge in [0, 0.05) is 10.7 Å². The van der Waals surface area contributed by atoms with Crippen molar-refractivity contribution in [1.29, 1.82) is 0 Å². The average molecular weight is 350 g/mol. The van der Waals surface area contributed by atoms with Crippen molar-refractivity contribution in [2.24, 2.45) is 0 Å². The first-order chi connectivity index (χ1) is 11.1. The Kier molecular flexibility index (Phi) is 4.68. The van der Waals surface area contributed by atoms with Crippen LogP contribution in [0.5, 0.6) is 0 Å². The van der Waals surface area contributed by atoms with E-state index in [4.69, 9.17) is 20.4 Å². The average Bonchev–Trinajstić information content (AvgIpc) is 3.17. The zero-order valence-electron chi connectivity index (χ0n) is 12.0. The van der Waals surface area contributed by atoms with Crippen LogP contribution in [-0.2, 0) is 4.79 Å². The Morgan fingerprint density at radius 1 is 1.30 bits per heavy atom. The fourth-order valence-corrected chi connectivity index (χ4v) is 2.65. The van der Waals surface area contributed by atoms with Gasteiger partial charge < -0.3 is 14.2 Å². The van der Waals surface area contributed by atoms with E-state index in [2.05, 4.69) is 15.5 Å². The summed E-state index contributed by atoms with van der Waals surface area (Å²) in [6.07, 6.45) is 1.52. The van der Waals surface area contributed by atoms with Gasteiger partial charge in [-0.3, -0.25) is 4.79 Å². The molecule has 0 spiro atoms. The molecule has 23 heavy (non-hydrogen) atoms. The number of nitrogens with zero attached hydrogens (tertiary/aromatic N) is 2. The largest absolute Gasteiger partial charge is 0.459 e. The van der Waals surface area contributed by atoms with Gasteiger partial charge in [-0.05, 0) is 37.3 Å². The summed E-state index contributed by atoms with van der Waals surface area (Å²) in [5.41, 5.74) is 0.636. The first-order valence-corrected chi connectivity index (χ1v) is 7.98. The molecule has 1 amide bonds. The van der Waals surface area contributed by atoms with E-state index in [0.29, 0.717) is 21.7 Å². The number of thioether (sulfide) groups is 1. The lowest BCUT2D eigenvalue weighted by atomic mass is 10.3. The molecule has 1 N–H and O–H groups in total. The van der Waals surface area contributed by atoms with Gasteiger partial charge in [-0.1, -0.05) is 29.4 Å². The number of amides is 1. The smallest absolute Gasteiger partial charge is 0.284 e. The minimum Gasteiger partial charge on any atom is -0.459 e. The highest BCUT2D eigenvalue weighted by molar-refractivity contribution is 8.00. The molecule has 0 saturated heterocycles. The van der Waals surface area contributed by atoms with Crippen LogP contribution in [0.15, 0.2) is 56.7 Å². The molecular formula is C15H12ClN3O3S. The minimum absolute atomic E-state index is 0.185. The second-order valence-electron chi connectivity index (χ2n) is 4.61. The zero-order chi connectivity index (χ0) is 16.2. The second-order valence-corrected chi connectivity index (χ2v) is 6.34. The van der Waals surface area contributed by atoms with Gasteiger partial charge in [0.25, 0.3) is 11.1 Å². The van der Waals surface area contributed by atoms with Crippen molar-refractivity contribution in [3.8, 4) is 11.7 Å². The highest BCUT2D eigenvalue weighted by atomic mass is 35.5. The standard InChI is InChI=1S/C15H12ClN3O3S/c1-9(13(20)17-11-5-2-4-10(16)8-11)23-15-19-18-14(22-15)12-6-3-7-21-12/h2-9H,1H3,(H,17,20)/t9-/m0/s1. The summed E-state index contributed by atoms with van der Waals surface area (Å²) < 4.78 is 10.6. The SMILES string of the molecule is C[C@H](Sc1nnc(-c2ccco2)o1)C(=O)Nc1cccc(Cl)c1. The molecule has 3 rings (SSSR count). The fraction of sp³-hybridized carbons (Fsp3) is 0.133. The van der Waals surface area contributed by atoms with Crippen LogP contribution in [0.3, 0.4) is 0 Å². The van der Waals surface area contributed by atoms with Crippen molar-refractivity contribution in [3.05, 3.63) is 47.7 Å². The topological polar surface area (TPSA) is 81.2 Å². The van der Waals surface area contributed by atoms with Gasteiger partial charge >= 0.3 is 0 Å². The third-order valence-electron chi connectivity index (χ3n) is 2.88. The van der Waals surface area contributed by atoms with Gasteiger partial charge in [0.15, 0.2) is 5.76 Å². The maximum Gasteiger partial charge on any atom is 0.284 e. The fourth-order valence-electron chi connectivity index (χ4n) is 1.77. The number of halogens is 1. The van der Waals surface area contributed by atoms with E-state index in [1.165, 1.54) is 18.0 Å². The lowest BCUT2D eigenvalue weighted by Crippen LogP contribution is -2.22. The van der Waals surface area contributed by atoms with E-state index in [0.717, 1.165) is 0 Å². The Labute approximate surface area is 141 Å². The number of aromatic nitrogens is 2. The lowest BCUT2D eigenvalue weighted by molar-refractivity contribution is -0.115. The van der Waals surface area contributed by atoms with Crippen LogP contribution in [0.1, 0.15) is 6.92 Å². The van der Waals surface area contributed by atoms with Gasteiger partial charge in [-0.25, -0.2) is 0 Å². The summed E-state index contributed by atoms with van der Waals surface area (Å²) >= 11 is 7.06. The minimum atomic E-state index is -0.418. The third-order valence-corrected chi connectivity index (χ3v) is 4.05. The summed E-state index contributed by atoms with van der Waals surface area (Å²) in [5.74, 6) is 0.579. The highest BCUT2D eigenvalue weighted by Crippen LogP contribution is 2.27. The second kappa shape index (κ2) is 6.89. The molecule has 0 aliphatic rings. The van der Waals surface area contributed by atoms with E-state index in [9.17, 15) is 4.79 Å². The van der Waals surface area contributed by atoms with Crippen molar-refractivity contribution in [2.45, 2.75) is 17.4 Å². The molecule has 1 atom stereocenters. The first kappa shape index (κ1) is 15.6.